The van der Waals surface area contributed by atoms with Gasteiger partial charge in [-0.25, -0.2) is 4.79 Å². The molecule has 0 aliphatic carbocycles. The van der Waals surface area contributed by atoms with Crippen LogP contribution in [-0.4, -0.2) is 61.5 Å². The van der Waals surface area contributed by atoms with Crippen molar-refractivity contribution < 1.29 is 14.7 Å². The van der Waals surface area contributed by atoms with Crippen LogP contribution in [0.5, 0.6) is 0 Å². The third-order valence-electron chi connectivity index (χ3n) is 4.96. The maximum Gasteiger partial charge on any atom is 0.326 e. The minimum atomic E-state index is -0.969. The standard InChI is InChI=1S/C22H24N6O3/c29-19(30)7-12-28(18-6-2-4-16(14-18)21-25-10-11-26-21)22(31)27-17-5-1-3-15(13-17)20-23-8-9-24-20/h1-6,13-14H,7-12H2,(H,23,24)(H,25,26)(H,27,31)(H,29,30). The van der Waals surface area contributed by atoms with Gasteiger partial charge in [0.2, 0.25) is 0 Å². The summed E-state index contributed by atoms with van der Waals surface area (Å²) < 4.78 is 0. The molecule has 2 aromatic carbocycles. The number of rotatable bonds is 7. The molecular weight excluding hydrogens is 396 g/mol. The first-order valence-electron chi connectivity index (χ1n) is 10.2. The molecule has 4 rings (SSSR count). The lowest BCUT2D eigenvalue weighted by atomic mass is 10.1. The van der Waals surface area contributed by atoms with Crippen molar-refractivity contribution >= 4 is 35.0 Å². The van der Waals surface area contributed by atoms with Crippen LogP contribution in [0.15, 0.2) is 58.5 Å². The third kappa shape index (κ3) is 5.00. The number of aliphatic imine (C=N–C) groups is 2. The van der Waals surface area contributed by atoms with Crippen LogP contribution < -0.4 is 20.9 Å². The SMILES string of the molecule is O=C(O)CCN(C(=O)Nc1cccc(C2=NCCN2)c1)c1cccc(C2=NCCN2)c1. The number of nitrogens with one attached hydrogen (secondary N) is 3. The average Bonchev–Trinajstić information content (AvgIpc) is 3.49. The number of carboxylic acid groups (broad SMARTS) is 1. The van der Waals surface area contributed by atoms with E-state index in [1.54, 1.807) is 12.1 Å². The molecule has 0 saturated heterocycles. The molecule has 2 amide bonds. The highest BCUT2D eigenvalue weighted by molar-refractivity contribution is 6.05. The summed E-state index contributed by atoms with van der Waals surface area (Å²) >= 11 is 0. The predicted molar refractivity (Wildman–Crippen MR) is 120 cm³/mol. The fraction of sp³-hybridized carbons (Fsp3) is 0.273. The Kier molecular flexibility index (Phi) is 6.11. The largest absolute Gasteiger partial charge is 0.481 e. The Morgan fingerprint density at radius 2 is 1.61 bits per heavy atom. The van der Waals surface area contributed by atoms with Gasteiger partial charge in [0.15, 0.2) is 0 Å². The van der Waals surface area contributed by atoms with E-state index in [-0.39, 0.29) is 13.0 Å². The number of amidine groups is 2. The molecule has 2 aromatic rings. The van der Waals surface area contributed by atoms with Crippen LogP contribution in [0.2, 0.25) is 0 Å². The van der Waals surface area contributed by atoms with Gasteiger partial charge >= 0.3 is 12.0 Å². The van der Waals surface area contributed by atoms with E-state index in [1.807, 2.05) is 36.4 Å². The van der Waals surface area contributed by atoms with Gasteiger partial charge in [0.1, 0.15) is 11.7 Å². The summed E-state index contributed by atoms with van der Waals surface area (Å²) in [4.78, 5) is 34.6. The van der Waals surface area contributed by atoms with Crippen LogP contribution in [-0.2, 0) is 4.79 Å². The molecule has 0 saturated carbocycles. The van der Waals surface area contributed by atoms with E-state index in [2.05, 4.69) is 25.9 Å². The quantitative estimate of drug-likeness (QED) is 0.546. The van der Waals surface area contributed by atoms with Crippen LogP contribution in [0.3, 0.4) is 0 Å². The van der Waals surface area contributed by atoms with Crippen LogP contribution >= 0.6 is 0 Å². The maximum atomic E-state index is 13.1. The number of hydrogen-bond donors (Lipinski definition) is 4. The smallest absolute Gasteiger partial charge is 0.326 e. The topological polar surface area (TPSA) is 118 Å². The van der Waals surface area contributed by atoms with Gasteiger partial charge in [-0.15, -0.1) is 0 Å². The number of urea groups is 1. The zero-order valence-corrected chi connectivity index (χ0v) is 17.0. The first-order chi connectivity index (χ1) is 15.1. The Labute approximate surface area is 179 Å². The Hall–Kier alpha value is -3.88. The number of carbonyl (C=O) groups excluding carboxylic acids is 1. The van der Waals surface area contributed by atoms with E-state index in [0.29, 0.717) is 17.9 Å². The molecule has 0 atom stereocenters. The van der Waals surface area contributed by atoms with Gasteiger partial charge in [-0.3, -0.25) is 19.7 Å². The summed E-state index contributed by atoms with van der Waals surface area (Å²) in [6.07, 6.45) is -0.169. The molecule has 2 aliphatic rings. The van der Waals surface area contributed by atoms with Crippen molar-refractivity contribution in [3.63, 3.8) is 0 Å². The van der Waals surface area contributed by atoms with E-state index in [9.17, 15) is 9.59 Å². The average molecular weight is 420 g/mol. The van der Waals surface area contributed by atoms with Crippen molar-refractivity contribution in [2.45, 2.75) is 6.42 Å². The van der Waals surface area contributed by atoms with Crippen LogP contribution in [0.25, 0.3) is 0 Å². The van der Waals surface area contributed by atoms with Gasteiger partial charge < -0.3 is 21.1 Å². The van der Waals surface area contributed by atoms with Crippen molar-refractivity contribution in [3.8, 4) is 0 Å². The molecule has 2 aliphatic heterocycles. The number of carboxylic acids is 1. The summed E-state index contributed by atoms with van der Waals surface area (Å²) in [7, 11) is 0. The monoisotopic (exact) mass is 420 g/mol. The number of benzene rings is 2. The number of amides is 2. The van der Waals surface area contributed by atoms with Crippen LogP contribution in [0, 0.1) is 0 Å². The summed E-state index contributed by atoms with van der Waals surface area (Å²) in [6.45, 7) is 3.05. The Morgan fingerprint density at radius 3 is 2.23 bits per heavy atom. The van der Waals surface area contributed by atoms with Crippen molar-refractivity contribution in [2.24, 2.45) is 9.98 Å². The molecule has 0 fully saturated rings. The minimum Gasteiger partial charge on any atom is -0.481 e. The molecule has 9 heteroatoms. The van der Waals surface area contributed by atoms with E-state index in [4.69, 9.17) is 5.11 Å². The van der Waals surface area contributed by atoms with Gasteiger partial charge in [-0.1, -0.05) is 24.3 Å². The first kappa shape index (κ1) is 20.4. The second-order valence-electron chi connectivity index (χ2n) is 7.17. The highest BCUT2D eigenvalue weighted by atomic mass is 16.4. The maximum absolute atomic E-state index is 13.1. The molecule has 0 radical (unpaired) electrons. The van der Waals surface area contributed by atoms with Gasteiger partial charge in [0, 0.05) is 42.1 Å². The lowest BCUT2D eigenvalue weighted by Gasteiger charge is -2.23. The Bertz CT molecular complexity index is 1050. The van der Waals surface area contributed by atoms with Gasteiger partial charge in [-0.05, 0) is 24.3 Å². The number of nitrogens with zero attached hydrogens (tertiary/aromatic N) is 3. The van der Waals surface area contributed by atoms with Gasteiger partial charge in [0.05, 0.1) is 19.5 Å². The van der Waals surface area contributed by atoms with Crippen molar-refractivity contribution in [1.29, 1.82) is 0 Å². The van der Waals surface area contributed by atoms with E-state index in [0.717, 1.165) is 42.4 Å². The zero-order valence-electron chi connectivity index (χ0n) is 17.0. The van der Waals surface area contributed by atoms with E-state index >= 15 is 0 Å². The summed E-state index contributed by atoms with van der Waals surface area (Å²) in [5.74, 6) is 0.609. The fourth-order valence-corrected chi connectivity index (χ4v) is 3.49. The van der Waals surface area contributed by atoms with Crippen molar-refractivity contribution in [3.05, 3.63) is 59.7 Å². The van der Waals surface area contributed by atoms with Gasteiger partial charge in [-0.2, -0.15) is 0 Å². The van der Waals surface area contributed by atoms with E-state index < -0.39 is 12.0 Å². The zero-order chi connectivity index (χ0) is 21.6. The summed E-state index contributed by atoms with van der Waals surface area (Å²) in [5, 5.41) is 18.5. The van der Waals surface area contributed by atoms with Crippen LogP contribution in [0.4, 0.5) is 16.2 Å². The highest BCUT2D eigenvalue weighted by Crippen LogP contribution is 2.20. The number of hydrogen-bond acceptors (Lipinski definition) is 6. The highest BCUT2D eigenvalue weighted by Gasteiger charge is 2.19. The molecular formula is C22H24N6O3. The van der Waals surface area contributed by atoms with Crippen molar-refractivity contribution in [1.82, 2.24) is 10.6 Å². The molecule has 160 valence electrons. The molecule has 2 heterocycles. The van der Waals surface area contributed by atoms with Crippen molar-refractivity contribution in [2.75, 3.05) is 42.9 Å². The fourth-order valence-electron chi connectivity index (χ4n) is 3.49. The number of anilines is 2. The lowest BCUT2D eigenvalue weighted by molar-refractivity contribution is -0.136. The minimum absolute atomic E-state index is 0.0402. The second-order valence-corrected chi connectivity index (χ2v) is 7.17. The molecule has 0 unspecified atom stereocenters. The van der Waals surface area contributed by atoms with Crippen LogP contribution in [0.1, 0.15) is 17.5 Å². The molecule has 0 spiro atoms. The molecule has 4 N–H and O–H groups in total. The molecule has 31 heavy (non-hydrogen) atoms. The second kappa shape index (κ2) is 9.29. The summed E-state index contributed by atoms with van der Waals surface area (Å²) in [6, 6.07) is 14.4. The molecule has 0 bridgehead atoms. The normalized spacial score (nSPS) is 14.8. The Morgan fingerprint density at radius 1 is 0.968 bits per heavy atom. The molecule has 9 nitrogen and oxygen atoms in total. The molecule has 0 aromatic heterocycles. The predicted octanol–water partition coefficient (Wildman–Crippen LogP) is 1.90. The third-order valence-corrected chi connectivity index (χ3v) is 4.96. The number of carbonyl (C=O) groups is 2. The lowest BCUT2D eigenvalue weighted by Crippen LogP contribution is -2.37. The Balaban J connectivity index is 1.56. The summed E-state index contributed by atoms with van der Waals surface area (Å²) in [5.41, 5.74) is 2.96. The van der Waals surface area contributed by atoms with E-state index in [1.165, 1.54) is 4.90 Å². The number of aliphatic carboxylic acids is 1. The van der Waals surface area contributed by atoms with Gasteiger partial charge in [0.25, 0.3) is 0 Å². The first-order valence-corrected chi connectivity index (χ1v) is 10.2.